The third kappa shape index (κ3) is 7.87. The first-order chi connectivity index (χ1) is 6.79. The average molecular weight is 252 g/mol. The quantitative estimate of drug-likeness (QED) is 0.765. The minimum absolute atomic E-state index is 0. The molecule has 88 valence electrons. The van der Waals surface area contributed by atoms with Gasteiger partial charge in [0, 0.05) is 17.1 Å². The number of rotatable bonds is 2. The van der Waals surface area contributed by atoms with Crippen molar-refractivity contribution >= 4 is 5.97 Å². The van der Waals surface area contributed by atoms with Gasteiger partial charge in [0.05, 0.1) is 6.42 Å². The zero-order chi connectivity index (χ0) is 10.2. The van der Waals surface area contributed by atoms with Crippen LogP contribution in [0, 0.1) is 12.3 Å². The maximum Gasteiger partial charge on any atom is 0.303 e. The number of hydrogen-bond donors (Lipinski definition) is 1. The SMILES string of the molecule is C1CCCC1.O=C(O)C[C]1[CH]CCC1.[Fe]. The molecule has 3 heteroatoms. The predicted molar refractivity (Wildman–Crippen MR) is 56.7 cm³/mol. The van der Waals surface area contributed by atoms with Crippen LogP contribution in [0.3, 0.4) is 0 Å². The second-order valence-electron chi connectivity index (χ2n) is 4.09. The van der Waals surface area contributed by atoms with Crippen LogP contribution in [0.25, 0.3) is 0 Å². The zero-order valence-electron chi connectivity index (χ0n) is 9.15. The van der Waals surface area contributed by atoms with E-state index in [9.17, 15) is 4.79 Å². The van der Waals surface area contributed by atoms with Crippen LogP contribution in [-0.4, -0.2) is 11.1 Å². The molecule has 2 radical (unpaired) electrons. The van der Waals surface area contributed by atoms with Crippen molar-refractivity contribution in [3.8, 4) is 0 Å². The standard InChI is InChI=1S/C7H10O2.C5H10.Fe/c8-7(9)5-6-3-1-2-4-6;1-2-4-5-3-1;/h3H,1-2,4-5H2,(H,8,9);1-5H2;. The first-order valence-electron chi connectivity index (χ1n) is 5.69. The summed E-state index contributed by atoms with van der Waals surface area (Å²) in [5.41, 5.74) is 0. The zero-order valence-corrected chi connectivity index (χ0v) is 10.3. The van der Waals surface area contributed by atoms with Crippen LogP contribution >= 0.6 is 0 Å². The number of aliphatic carboxylic acids is 1. The normalized spacial score (nSPS) is 20.3. The maximum absolute atomic E-state index is 10.1. The third-order valence-corrected chi connectivity index (χ3v) is 2.76. The van der Waals surface area contributed by atoms with Gasteiger partial charge >= 0.3 is 5.97 Å². The summed E-state index contributed by atoms with van der Waals surface area (Å²) < 4.78 is 0. The Balaban J connectivity index is 0.000000280. The predicted octanol–water partition coefficient (Wildman–Crippen LogP) is 3.37. The minimum Gasteiger partial charge on any atom is -0.481 e. The molecule has 0 saturated heterocycles. The number of hydrogen-bond acceptors (Lipinski definition) is 1. The van der Waals surface area contributed by atoms with E-state index in [0.29, 0.717) is 0 Å². The molecule has 0 aromatic carbocycles. The van der Waals surface area contributed by atoms with Crippen molar-refractivity contribution in [1.82, 2.24) is 0 Å². The van der Waals surface area contributed by atoms with Crippen LogP contribution in [0.2, 0.25) is 0 Å². The van der Waals surface area contributed by atoms with Crippen LogP contribution < -0.4 is 0 Å². The number of carboxylic acids is 1. The molecule has 2 aliphatic carbocycles. The summed E-state index contributed by atoms with van der Waals surface area (Å²) in [6, 6.07) is 0. The van der Waals surface area contributed by atoms with E-state index in [-0.39, 0.29) is 23.5 Å². The van der Waals surface area contributed by atoms with Gasteiger partial charge < -0.3 is 5.11 Å². The molecule has 0 aliphatic heterocycles. The molecule has 0 heterocycles. The van der Waals surface area contributed by atoms with Gasteiger partial charge in [-0.2, -0.15) is 0 Å². The van der Waals surface area contributed by atoms with E-state index < -0.39 is 5.97 Å². The number of carbonyl (C=O) groups is 1. The Morgan fingerprint density at radius 2 is 1.67 bits per heavy atom. The van der Waals surface area contributed by atoms with Crippen molar-refractivity contribution in [1.29, 1.82) is 0 Å². The number of carboxylic acid groups (broad SMARTS) is 1. The molecule has 0 bridgehead atoms. The first-order valence-corrected chi connectivity index (χ1v) is 5.69. The van der Waals surface area contributed by atoms with Crippen LogP contribution in [0.15, 0.2) is 0 Å². The van der Waals surface area contributed by atoms with E-state index in [2.05, 4.69) is 0 Å². The van der Waals surface area contributed by atoms with Crippen LogP contribution in [0.1, 0.15) is 57.8 Å². The van der Waals surface area contributed by atoms with E-state index in [0.717, 1.165) is 25.2 Å². The second kappa shape index (κ2) is 9.23. The van der Waals surface area contributed by atoms with Gasteiger partial charge in [0.15, 0.2) is 0 Å². The Morgan fingerprint density at radius 3 is 2.00 bits per heavy atom. The van der Waals surface area contributed by atoms with Gasteiger partial charge in [-0.1, -0.05) is 38.5 Å². The summed E-state index contributed by atoms with van der Waals surface area (Å²) >= 11 is 0. The Bertz CT molecular complexity index is 153. The second-order valence-corrected chi connectivity index (χ2v) is 4.09. The van der Waals surface area contributed by atoms with E-state index in [1.165, 1.54) is 32.1 Å². The minimum atomic E-state index is -0.705. The van der Waals surface area contributed by atoms with Crippen LogP contribution in [0.4, 0.5) is 0 Å². The molecule has 0 amide bonds. The maximum atomic E-state index is 10.1. The van der Waals surface area contributed by atoms with Gasteiger partial charge in [-0.3, -0.25) is 4.79 Å². The average Bonchev–Trinajstić information content (AvgIpc) is 2.75. The Morgan fingerprint density at radius 1 is 1.13 bits per heavy atom. The molecule has 0 spiro atoms. The van der Waals surface area contributed by atoms with Crippen molar-refractivity contribution in [2.45, 2.75) is 57.8 Å². The van der Waals surface area contributed by atoms with Gasteiger partial charge in [-0.15, -0.1) is 0 Å². The van der Waals surface area contributed by atoms with E-state index in [1.807, 2.05) is 6.42 Å². The molecule has 2 aliphatic rings. The molecule has 2 saturated carbocycles. The Hall–Kier alpha value is -0.0105. The Kier molecular flexibility index (Phi) is 9.23. The van der Waals surface area contributed by atoms with Crippen molar-refractivity contribution in [3.05, 3.63) is 12.3 Å². The summed E-state index contributed by atoms with van der Waals surface area (Å²) in [4.78, 5) is 10.1. The van der Waals surface area contributed by atoms with Crippen molar-refractivity contribution in [2.24, 2.45) is 0 Å². The molecule has 0 atom stereocenters. The molecule has 0 aromatic heterocycles. The molecule has 2 rings (SSSR count). The smallest absolute Gasteiger partial charge is 0.303 e. The van der Waals surface area contributed by atoms with E-state index >= 15 is 0 Å². The summed E-state index contributed by atoms with van der Waals surface area (Å²) in [7, 11) is 0. The first kappa shape index (κ1) is 15.0. The van der Waals surface area contributed by atoms with E-state index in [1.54, 1.807) is 0 Å². The monoisotopic (exact) mass is 252 g/mol. The van der Waals surface area contributed by atoms with Crippen LogP contribution in [-0.2, 0) is 21.9 Å². The summed E-state index contributed by atoms with van der Waals surface area (Å²) in [6.07, 6.45) is 13.0. The topological polar surface area (TPSA) is 37.3 Å². The molecule has 2 fully saturated rings. The van der Waals surface area contributed by atoms with Gasteiger partial charge in [-0.05, 0) is 25.2 Å². The van der Waals surface area contributed by atoms with Gasteiger partial charge in [0.1, 0.15) is 0 Å². The molecule has 0 unspecified atom stereocenters. The largest absolute Gasteiger partial charge is 0.481 e. The van der Waals surface area contributed by atoms with E-state index in [4.69, 9.17) is 5.11 Å². The molecular formula is C12H20FeO2. The third-order valence-electron chi connectivity index (χ3n) is 2.76. The van der Waals surface area contributed by atoms with Crippen molar-refractivity contribution < 1.29 is 27.0 Å². The molecular weight excluding hydrogens is 232 g/mol. The Labute approximate surface area is 103 Å². The molecule has 1 N–H and O–H groups in total. The molecule has 0 aromatic rings. The summed E-state index contributed by atoms with van der Waals surface area (Å²) in [5, 5.41) is 8.33. The van der Waals surface area contributed by atoms with Crippen LogP contribution in [0.5, 0.6) is 0 Å². The van der Waals surface area contributed by atoms with Gasteiger partial charge in [0.2, 0.25) is 0 Å². The summed E-state index contributed by atoms with van der Waals surface area (Å²) in [5.74, 6) is 0.394. The summed E-state index contributed by atoms with van der Waals surface area (Å²) in [6.45, 7) is 0. The molecule has 15 heavy (non-hydrogen) atoms. The van der Waals surface area contributed by atoms with Crippen molar-refractivity contribution in [3.63, 3.8) is 0 Å². The van der Waals surface area contributed by atoms with Gasteiger partial charge in [-0.25, -0.2) is 0 Å². The fourth-order valence-electron chi connectivity index (χ4n) is 1.98. The molecule has 2 nitrogen and oxygen atoms in total. The van der Waals surface area contributed by atoms with Gasteiger partial charge in [0.25, 0.3) is 0 Å². The fraction of sp³-hybridized carbons (Fsp3) is 0.750. The van der Waals surface area contributed by atoms with Crippen molar-refractivity contribution in [2.75, 3.05) is 0 Å². The fourth-order valence-corrected chi connectivity index (χ4v) is 1.98.